The van der Waals surface area contributed by atoms with Crippen molar-refractivity contribution in [2.24, 2.45) is 0 Å². The summed E-state index contributed by atoms with van der Waals surface area (Å²) in [5.41, 5.74) is 0.668. The quantitative estimate of drug-likeness (QED) is 0.817. The van der Waals surface area contributed by atoms with Crippen LogP contribution in [0.25, 0.3) is 10.8 Å². The van der Waals surface area contributed by atoms with Crippen LogP contribution in [0.5, 0.6) is 0 Å². The SMILES string of the molecule is C#CC(CC)NC(=O)c1cccc2ccccc12. The number of carbonyl (C=O) groups is 1. The van der Waals surface area contributed by atoms with Gasteiger partial charge < -0.3 is 5.32 Å². The van der Waals surface area contributed by atoms with Crippen molar-refractivity contribution in [2.45, 2.75) is 19.4 Å². The number of terminal acetylenes is 1. The van der Waals surface area contributed by atoms with Crippen molar-refractivity contribution in [3.8, 4) is 12.3 Å². The van der Waals surface area contributed by atoms with Gasteiger partial charge in [-0.15, -0.1) is 6.42 Å². The van der Waals surface area contributed by atoms with Crippen molar-refractivity contribution in [3.63, 3.8) is 0 Å². The molecule has 0 aliphatic heterocycles. The van der Waals surface area contributed by atoms with Crippen LogP contribution in [0.15, 0.2) is 42.5 Å². The Balaban J connectivity index is 2.37. The second kappa shape index (κ2) is 5.37. The predicted octanol–water partition coefficient (Wildman–Crippen LogP) is 2.98. The Morgan fingerprint density at radius 3 is 2.72 bits per heavy atom. The fraction of sp³-hybridized carbons (Fsp3) is 0.188. The van der Waals surface area contributed by atoms with Gasteiger partial charge in [0.1, 0.15) is 0 Å². The number of hydrogen-bond donors (Lipinski definition) is 1. The van der Waals surface area contributed by atoms with Crippen molar-refractivity contribution in [3.05, 3.63) is 48.0 Å². The number of hydrogen-bond acceptors (Lipinski definition) is 1. The molecular formula is C16H15NO. The fourth-order valence-electron chi connectivity index (χ4n) is 1.92. The van der Waals surface area contributed by atoms with Crippen molar-refractivity contribution < 1.29 is 4.79 Å². The maximum absolute atomic E-state index is 12.2. The third kappa shape index (κ3) is 2.36. The number of rotatable bonds is 3. The molecule has 0 aliphatic rings. The molecule has 0 saturated heterocycles. The van der Waals surface area contributed by atoms with Crippen LogP contribution in [-0.2, 0) is 0 Å². The van der Waals surface area contributed by atoms with E-state index in [9.17, 15) is 4.79 Å². The zero-order valence-corrected chi connectivity index (χ0v) is 10.3. The van der Waals surface area contributed by atoms with Gasteiger partial charge in [-0.2, -0.15) is 0 Å². The molecule has 90 valence electrons. The van der Waals surface area contributed by atoms with Gasteiger partial charge in [-0.05, 0) is 23.3 Å². The normalized spacial score (nSPS) is 11.8. The van der Waals surface area contributed by atoms with Gasteiger partial charge in [0.2, 0.25) is 0 Å². The average molecular weight is 237 g/mol. The van der Waals surface area contributed by atoms with Crippen LogP contribution in [0.2, 0.25) is 0 Å². The van der Waals surface area contributed by atoms with Gasteiger partial charge in [0.15, 0.2) is 0 Å². The van der Waals surface area contributed by atoms with Crippen molar-refractivity contribution in [2.75, 3.05) is 0 Å². The fourth-order valence-corrected chi connectivity index (χ4v) is 1.92. The second-order valence-electron chi connectivity index (χ2n) is 4.13. The number of amides is 1. The molecule has 0 saturated carbocycles. The van der Waals surface area contributed by atoms with Crippen LogP contribution < -0.4 is 5.32 Å². The summed E-state index contributed by atoms with van der Waals surface area (Å²) in [7, 11) is 0. The lowest BCUT2D eigenvalue weighted by atomic mass is 10.0. The maximum atomic E-state index is 12.2. The number of fused-ring (bicyclic) bond motifs is 1. The van der Waals surface area contributed by atoms with E-state index >= 15 is 0 Å². The Bertz CT molecular complexity index is 605. The molecule has 1 amide bonds. The smallest absolute Gasteiger partial charge is 0.252 e. The van der Waals surface area contributed by atoms with Gasteiger partial charge in [0.25, 0.3) is 5.91 Å². The summed E-state index contributed by atoms with van der Waals surface area (Å²) in [6.07, 6.45) is 6.09. The molecule has 18 heavy (non-hydrogen) atoms. The minimum Gasteiger partial charge on any atom is -0.338 e. The topological polar surface area (TPSA) is 29.1 Å². The molecule has 0 aromatic heterocycles. The largest absolute Gasteiger partial charge is 0.338 e. The summed E-state index contributed by atoms with van der Waals surface area (Å²) < 4.78 is 0. The van der Waals surface area contributed by atoms with Gasteiger partial charge in [0, 0.05) is 5.56 Å². The van der Waals surface area contributed by atoms with E-state index in [2.05, 4.69) is 11.2 Å². The van der Waals surface area contributed by atoms with E-state index in [1.807, 2.05) is 49.4 Å². The van der Waals surface area contributed by atoms with Gasteiger partial charge in [-0.3, -0.25) is 4.79 Å². The molecule has 0 fully saturated rings. The highest BCUT2D eigenvalue weighted by Crippen LogP contribution is 2.18. The lowest BCUT2D eigenvalue weighted by Crippen LogP contribution is -2.33. The molecule has 2 rings (SSSR count). The molecule has 2 nitrogen and oxygen atoms in total. The first-order valence-electron chi connectivity index (χ1n) is 6.01. The molecule has 1 atom stereocenters. The third-order valence-electron chi connectivity index (χ3n) is 2.95. The highest BCUT2D eigenvalue weighted by Gasteiger charge is 2.12. The summed E-state index contributed by atoms with van der Waals surface area (Å²) >= 11 is 0. The van der Waals surface area contributed by atoms with E-state index in [0.29, 0.717) is 5.56 Å². The van der Waals surface area contributed by atoms with E-state index in [-0.39, 0.29) is 11.9 Å². The molecular weight excluding hydrogens is 222 g/mol. The van der Waals surface area contributed by atoms with Gasteiger partial charge in [-0.1, -0.05) is 49.2 Å². The van der Waals surface area contributed by atoms with Crippen LogP contribution in [0.1, 0.15) is 23.7 Å². The van der Waals surface area contributed by atoms with E-state index in [4.69, 9.17) is 6.42 Å². The van der Waals surface area contributed by atoms with Gasteiger partial charge in [-0.25, -0.2) is 0 Å². The van der Waals surface area contributed by atoms with Gasteiger partial charge >= 0.3 is 0 Å². The standard InChI is InChI=1S/C16H15NO/c1-3-13(4-2)17-16(18)15-11-7-9-12-8-5-6-10-14(12)15/h1,5-11,13H,4H2,2H3,(H,17,18). The van der Waals surface area contributed by atoms with Crippen molar-refractivity contribution in [1.29, 1.82) is 0 Å². The molecule has 0 bridgehead atoms. The van der Waals surface area contributed by atoms with Crippen LogP contribution >= 0.6 is 0 Å². The lowest BCUT2D eigenvalue weighted by Gasteiger charge is -2.12. The van der Waals surface area contributed by atoms with Crippen LogP contribution in [0.3, 0.4) is 0 Å². The zero-order chi connectivity index (χ0) is 13.0. The molecule has 0 aliphatic carbocycles. The molecule has 0 spiro atoms. The molecule has 2 heteroatoms. The number of nitrogens with one attached hydrogen (secondary N) is 1. The van der Waals surface area contributed by atoms with Crippen LogP contribution in [-0.4, -0.2) is 11.9 Å². The highest BCUT2D eigenvalue weighted by atomic mass is 16.1. The molecule has 1 unspecified atom stereocenters. The Hall–Kier alpha value is -2.27. The summed E-state index contributed by atoms with van der Waals surface area (Å²) in [5, 5.41) is 4.85. The average Bonchev–Trinajstić information content (AvgIpc) is 2.43. The Kier molecular flexibility index (Phi) is 3.64. The summed E-state index contributed by atoms with van der Waals surface area (Å²) in [5.74, 6) is 2.45. The van der Waals surface area contributed by atoms with E-state index in [1.165, 1.54) is 0 Å². The van der Waals surface area contributed by atoms with Gasteiger partial charge in [0.05, 0.1) is 6.04 Å². The predicted molar refractivity (Wildman–Crippen MR) is 74.3 cm³/mol. The minimum absolute atomic E-state index is 0.114. The van der Waals surface area contributed by atoms with Crippen molar-refractivity contribution in [1.82, 2.24) is 5.32 Å². The molecule has 2 aromatic rings. The second-order valence-corrected chi connectivity index (χ2v) is 4.13. The maximum Gasteiger partial charge on any atom is 0.252 e. The van der Waals surface area contributed by atoms with E-state index < -0.39 is 0 Å². The van der Waals surface area contributed by atoms with E-state index in [1.54, 1.807) is 0 Å². The Labute approximate surface area is 107 Å². The Morgan fingerprint density at radius 1 is 1.28 bits per heavy atom. The monoisotopic (exact) mass is 237 g/mol. The number of carbonyl (C=O) groups excluding carboxylic acids is 1. The molecule has 0 radical (unpaired) electrons. The first-order chi connectivity index (χ1) is 8.76. The third-order valence-corrected chi connectivity index (χ3v) is 2.95. The first kappa shape index (κ1) is 12.2. The zero-order valence-electron chi connectivity index (χ0n) is 10.3. The molecule has 2 aromatic carbocycles. The summed E-state index contributed by atoms with van der Waals surface area (Å²) in [6.45, 7) is 1.95. The van der Waals surface area contributed by atoms with Crippen LogP contribution in [0, 0.1) is 12.3 Å². The van der Waals surface area contributed by atoms with E-state index in [0.717, 1.165) is 17.2 Å². The molecule has 1 N–H and O–H groups in total. The van der Waals surface area contributed by atoms with Crippen LogP contribution in [0.4, 0.5) is 0 Å². The number of benzene rings is 2. The summed E-state index contributed by atoms with van der Waals surface area (Å²) in [6, 6.07) is 13.3. The molecule has 0 heterocycles. The lowest BCUT2D eigenvalue weighted by molar-refractivity contribution is 0.0946. The highest BCUT2D eigenvalue weighted by molar-refractivity contribution is 6.07. The van der Waals surface area contributed by atoms with Crippen molar-refractivity contribution >= 4 is 16.7 Å². The summed E-state index contributed by atoms with van der Waals surface area (Å²) in [4.78, 5) is 12.2. The Morgan fingerprint density at radius 2 is 2.00 bits per heavy atom. The minimum atomic E-state index is -0.212. The first-order valence-corrected chi connectivity index (χ1v) is 6.01.